The van der Waals surface area contributed by atoms with E-state index in [2.05, 4.69) is 20.9 Å². The number of rotatable bonds is 6. The smallest absolute Gasteiger partial charge is 0.320 e. The van der Waals surface area contributed by atoms with Gasteiger partial charge in [-0.15, -0.1) is 0 Å². The molecule has 126 valence electrons. The van der Waals surface area contributed by atoms with Gasteiger partial charge in [-0.25, -0.2) is 9.78 Å². The minimum Gasteiger partial charge on any atom is -0.493 e. The fourth-order valence-corrected chi connectivity index (χ4v) is 2.19. The largest absolute Gasteiger partial charge is 0.493 e. The van der Waals surface area contributed by atoms with E-state index in [1.807, 2.05) is 24.3 Å². The van der Waals surface area contributed by atoms with Crippen molar-refractivity contribution in [3.63, 3.8) is 0 Å². The second-order valence-corrected chi connectivity index (χ2v) is 5.50. The van der Waals surface area contributed by atoms with Gasteiger partial charge in [-0.05, 0) is 37.1 Å². The van der Waals surface area contributed by atoms with Crippen LogP contribution in [0.15, 0.2) is 36.5 Å². The number of anilines is 3. The summed E-state index contributed by atoms with van der Waals surface area (Å²) in [6.45, 7) is 0. The van der Waals surface area contributed by atoms with Crippen LogP contribution in [0.5, 0.6) is 11.5 Å². The molecule has 0 radical (unpaired) electrons. The van der Waals surface area contributed by atoms with Gasteiger partial charge in [0.25, 0.3) is 0 Å². The molecule has 7 heteroatoms. The Balaban J connectivity index is 1.62. The molecule has 0 aliphatic heterocycles. The van der Waals surface area contributed by atoms with Gasteiger partial charge in [-0.1, -0.05) is 0 Å². The Morgan fingerprint density at radius 3 is 2.46 bits per heavy atom. The molecule has 1 fully saturated rings. The lowest BCUT2D eigenvalue weighted by molar-refractivity contribution is 0.251. The molecule has 0 atom stereocenters. The topological polar surface area (TPSA) is 84.5 Å². The average molecular weight is 328 g/mol. The van der Waals surface area contributed by atoms with Crippen molar-refractivity contribution in [1.82, 2.24) is 10.3 Å². The lowest BCUT2D eigenvalue weighted by Gasteiger charge is -2.11. The van der Waals surface area contributed by atoms with E-state index < -0.39 is 0 Å². The number of methoxy groups -OCH3 is 2. The highest BCUT2D eigenvalue weighted by Gasteiger charge is 2.23. The number of nitrogens with one attached hydrogen (secondary N) is 3. The second-order valence-electron chi connectivity index (χ2n) is 5.50. The molecule has 0 unspecified atom stereocenters. The molecule has 2 amide bonds. The molecule has 1 heterocycles. The zero-order valence-corrected chi connectivity index (χ0v) is 13.6. The predicted octanol–water partition coefficient (Wildman–Crippen LogP) is 3.13. The Kier molecular flexibility index (Phi) is 4.69. The van der Waals surface area contributed by atoms with Crippen LogP contribution < -0.4 is 25.4 Å². The summed E-state index contributed by atoms with van der Waals surface area (Å²) in [5.41, 5.74) is 1.65. The Labute approximate surface area is 140 Å². The molecule has 0 bridgehead atoms. The number of pyridine rings is 1. The first kappa shape index (κ1) is 15.9. The van der Waals surface area contributed by atoms with Crippen LogP contribution in [0.3, 0.4) is 0 Å². The van der Waals surface area contributed by atoms with Gasteiger partial charge >= 0.3 is 6.03 Å². The highest BCUT2D eigenvalue weighted by atomic mass is 16.5. The van der Waals surface area contributed by atoms with Gasteiger partial charge in [0.05, 0.1) is 26.1 Å². The SMILES string of the molecule is COc1ccc(Nc2ccc(NC(=O)NC3CC3)nc2)cc1OC. The fourth-order valence-electron chi connectivity index (χ4n) is 2.19. The summed E-state index contributed by atoms with van der Waals surface area (Å²) in [6.07, 6.45) is 3.76. The van der Waals surface area contributed by atoms with Crippen molar-refractivity contribution in [2.75, 3.05) is 24.9 Å². The summed E-state index contributed by atoms with van der Waals surface area (Å²) >= 11 is 0. The molecule has 24 heavy (non-hydrogen) atoms. The number of hydrogen-bond acceptors (Lipinski definition) is 5. The number of benzene rings is 1. The van der Waals surface area contributed by atoms with Gasteiger partial charge < -0.3 is 20.1 Å². The lowest BCUT2D eigenvalue weighted by atomic mass is 10.2. The van der Waals surface area contributed by atoms with E-state index in [4.69, 9.17) is 9.47 Å². The summed E-state index contributed by atoms with van der Waals surface area (Å²) in [5, 5.41) is 8.79. The minimum absolute atomic E-state index is 0.217. The predicted molar refractivity (Wildman–Crippen MR) is 92.2 cm³/mol. The molecule has 1 aliphatic carbocycles. The first-order chi connectivity index (χ1) is 11.7. The van der Waals surface area contributed by atoms with Gasteiger partial charge in [0.2, 0.25) is 0 Å². The number of carbonyl (C=O) groups is 1. The van der Waals surface area contributed by atoms with Crippen molar-refractivity contribution in [2.24, 2.45) is 0 Å². The third-order valence-corrected chi connectivity index (χ3v) is 3.59. The molecule has 1 saturated carbocycles. The standard InChI is InChI=1S/C17H20N4O3/c1-23-14-7-5-12(9-15(14)24-2)19-13-6-8-16(18-10-13)21-17(22)20-11-3-4-11/h5-11,19H,3-4H2,1-2H3,(H2,18,20,21,22). The van der Waals surface area contributed by atoms with Crippen molar-refractivity contribution in [3.05, 3.63) is 36.5 Å². The number of amides is 2. The summed E-state index contributed by atoms with van der Waals surface area (Å²) in [5.74, 6) is 1.82. The highest BCUT2D eigenvalue weighted by Crippen LogP contribution is 2.31. The van der Waals surface area contributed by atoms with Crippen LogP contribution >= 0.6 is 0 Å². The van der Waals surface area contributed by atoms with Crippen molar-refractivity contribution in [3.8, 4) is 11.5 Å². The summed E-state index contributed by atoms with van der Waals surface area (Å²) in [4.78, 5) is 15.9. The van der Waals surface area contributed by atoms with Crippen LogP contribution in [-0.4, -0.2) is 31.3 Å². The van der Waals surface area contributed by atoms with Crippen molar-refractivity contribution in [2.45, 2.75) is 18.9 Å². The second kappa shape index (κ2) is 7.08. The normalized spacial score (nSPS) is 13.1. The van der Waals surface area contributed by atoms with E-state index in [-0.39, 0.29) is 6.03 Å². The van der Waals surface area contributed by atoms with Crippen LogP contribution in [-0.2, 0) is 0 Å². The number of nitrogens with zero attached hydrogens (tertiary/aromatic N) is 1. The van der Waals surface area contributed by atoms with E-state index in [9.17, 15) is 4.79 Å². The number of carbonyl (C=O) groups excluding carboxylic acids is 1. The fraction of sp³-hybridized carbons (Fsp3) is 0.294. The number of urea groups is 1. The minimum atomic E-state index is -0.217. The van der Waals surface area contributed by atoms with E-state index in [1.165, 1.54) is 0 Å². The Morgan fingerprint density at radius 1 is 1.08 bits per heavy atom. The average Bonchev–Trinajstić information content (AvgIpc) is 3.40. The zero-order chi connectivity index (χ0) is 16.9. The Morgan fingerprint density at radius 2 is 1.83 bits per heavy atom. The molecule has 1 aromatic heterocycles. The van der Waals surface area contributed by atoms with E-state index in [1.54, 1.807) is 26.5 Å². The van der Waals surface area contributed by atoms with Crippen molar-refractivity contribution in [1.29, 1.82) is 0 Å². The van der Waals surface area contributed by atoms with E-state index >= 15 is 0 Å². The first-order valence-electron chi connectivity index (χ1n) is 7.70. The molecular weight excluding hydrogens is 308 g/mol. The van der Waals surface area contributed by atoms with Crippen LogP contribution in [0.4, 0.5) is 22.0 Å². The molecule has 7 nitrogen and oxygen atoms in total. The molecule has 0 saturated heterocycles. The Hall–Kier alpha value is -2.96. The Bertz CT molecular complexity index is 714. The van der Waals surface area contributed by atoms with Gasteiger partial charge in [0.15, 0.2) is 11.5 Å². The van der Waals surface area contributed by atoms with Gasteiger partial charge in [0, 0.05) is 17.8 Å². The van der Waals surface area contributed by atoms with Gasteiger partial charge in [-0.2, -0.15) is 0 Å². The van der Waals surface area contributed by atoms with Crippen LogP contribution in [0.2, 0.25) is 0 Å². The summed E-state index contributed by atoms with van der Waals surface area (Å²) < 4.78 is 10.5. The quantitative estimate of drug-likeness (QED) is 0.759. The number of ether oxygens (including phenoxy) is 2. The van der Waals surface area contributed by atoms with E-state index in [0.29, 0.717) is 23.4 Å². The monoisotopic (exact) mass is 328 g/mol. The van der Waals surface area contributed by atoms with Crippen molar-refractivity contribution >= 4 is 23.2 Å². The summed E-state index contributed by atoms with van der Waals surface area (Å²) in [7, 11) is 3.19. The lowest BCUT2D eigenvalue weighted by Crippen LogP contribution is -2.30. The van der Waals surface area contributed by atoms with Crippen LogP contribution in [0.1, 0.15) is 12.8 Å². The maximum Gasteiger partial charge on any atom is 0.320 e. The molecule has 3 rings (SSSR count). The number of hydrogen-bond donors (Lipinski definition) is 3. The molecule has 2 aromatic rings. The van der Waals surface area contributed by atoms with E-state index in [0.717, 1.165) is 24.2 Å². The zero-order valence-electron chi connectivity index (χ0n) is 13.6. The highest BCUT2D eigenvalue weighted by molar-refractivity contribution is 5.88. The maximum atomic E-state index is 11.7. The molecule has 3 N–H and O–H groups in total. The van der Waals surface area contributed by atoms with Crippen LogP contribution in [0.25, 0.3) is 0 Å². The van der Waals surface area contributed by atoms with Crippen molar-refractivity contribution < 1.29 is 14.3 Å². The van der Waals surface area contributed by atoms with Crippen LogP contribution in [0, 0.1) is 0 Å². The molecular formula is C17H20N4O3. The molecule has 1 aromatic carbocycles. The number of aromatic nitrogens is 1. The van der Waals surface area contributed by atoms with Gasteiger partial charge in [-0.3, -0.25) is 5.32 Å². The molecule has 1 aliphatic rings. The third kappa shape index (κ3) is 4.07. The summed E-state index contributed by atoms with van der Waals surface area (Å²) in [6, 6.07) is 9.24. The first-order valence-corrected chi connectivity index (χ1v) is 7.70. The maximum absolute atomic E-state index is 11.7. The molecule has 0 spiro atoms. The third-order valence-electron chi connectivity index (χ3n) is 3.59. The van der Waals surface area contributed by atoms with Gasteiger partial charge in [0.1, 0.15) is 5.82 Å².